The lowest BCUT2D eigenvalue weighted by atomic mass is 9.98. The number of aliphatic hydroxyl groups excluding tert-OH is 1. The van der Waals surface area contributed by atoms with E-state index in [-0.39, 0.29) is 0 Å². The van der Waals surface area contributed by atoms with Crippen LogP contribution in [0.2, 0.25) is 0 Å². The van der Waals surface area contributed by atoms with Gasteiger partial charge in [0.25, 0.3) is 0 Å². The maximum atomic E-state index is 10.4. The molecular weight excluding hydrogens is 240 g/mol. The second kappa shape index (κ2) is 5.68. The lowest BCUT2D eigenvalue weighted by Crippen LogP contribution is -2.00. The van der Waals surface area contributed by atoms with Crippen LogP contribution >= 0.6 is 11.3 Å². The normalized spacial score (nSPS) is 12.9. The summed E-state index contributed by atoms with van der Waals surface area (Å²) in [6.07, 6.45) is 0.487. The van der Waals surface area contributed by atoms with Gasteiger partial charge in [-0.3, -0.25) is 0 Å². The molecule has 1 nitrogen and oxygen atoms in total. The number of aliphatic hydroxyl groups is 1. The number of rotatable bonds is 4. The van der Waals surface area contributed by atoms with E-state index >= 15 is 0 Å². The molecule has 0 fully saturated rings. The molecule has 18 heavy (non-hydrogen) atoms. The highest BCUT2D eigenvalue weighted by molar-refractivity contribution is 7.10. The fourth-order valence-electron chi connectivity index (χ4n) is 2.09. The van der Waals surface area contributed by atoms with Gasteiger partial charge in [-0.1, -0.05) is 45.0 Å². The Morgan fingerprint density at radius 1 is 1.06 bits per heavy atom. The molecule has 0 aliphatic heterocycles. The maximum absolute atomic E-state index is 10.4. The van der Waals surface area contributed by atoms with Crippen LogP contribution in [-0.4, -0.2) is 5.11 Å². The average Bonchev–Trinajstić information content (AvgIpc) is 2.86. The van der Waals surface area contributed by atoms with Gasteiger partial charge < -0.3 is 5.11 Å². The molecule has 1 aromatic heterocycles. The monoisotopic (exact) mass is 260 g/mol. The first-order valence-electron chi connectivity index (χ1n) is 6.47. The predicted octanol–water partition coefficient (Wildman–Crippen LogP) is 4.52. The second-order valence-corrected chi connectivity index (χ2v) is 5.84. The van der Waals surface area contributed by atoms with E-state index in [1.807, 2.05) is 12.1 Å². The van der Waals surface area contributed by atoms with Crippen LogP contribution in [0.15, 0.2) is 35.7 Å². The zero-order chi connectivity index (χ0) is 13.1. The van der Waals surface area contributed by atoms with Crippen molar-refractivity contribution in [2.24, 2.45) is 0 Å². The summed E-state index contributed by atoms with van der Waals surface area (Å²) in [6, 6.07) is 10.4. The molecular formula is C16H20OS. The lowest BCUT2D eigenvalue weighted by molar-refractivity contribution is 0.223. The summed E-state index contributed by atoms with van der Waals surface area (Å²) in [5.74, 6) is 0.532. The van der Waals surface area contributed by atoms with E-state index in [1.165, 1.54) is 11.1 Å². The van der Waals surface area contributed by atoms with E-state index in [0.29, 0.717) is 5.92 Å². The van der Waals surface area contributed by atoms with Gasteiger partial charge in [0.05, 0.1) is 0 Å². The highest BCUT2D eigenvalue weighted by Gasteiger charge is 2.15. The van der Waals surface area contributed by atoms with E-state index in [4.69, 9.17) is 0 Å². The number of hydrogen-bond donors (Lipinski definition) is 1. The molecule has 0 radical (unpaired) electrons. The van der Waals surface area contributed by atoms with Crippen molar-refractivity contribution in [3.05, 3.63) is 57.3 Å². The van der Waals surface area contributed by atoms with Crippen LogP contribution in [0.25, 0.3) is 0 Å². The quantitative estimate of drug-likeness (QED) is 0.857. The van der Waals surface area contributed by atoms with Crippen LogP contribution in [0, 0.1) is 0 Å². The largest absolute Gasteiger partial charge is 0.383 e. The van der Waals surface area contributed by atoms with Crippen molar-refractivity contribution in [1.82, 2.24) is 0 Å². The molecule has 2 heteroatoms. The summed E-state index contributed by atoms with van der Waals surface area (Å²) in [5.41, 5.74) is 3.55. The van der Waals surface area contributed by atoms with Crippen molar-refractivity contribution in [3.63, 3.8) is 0 Å². The van der Waals surface area contributed by atoms with Crippen LogP contribution in [0.4, 0.5) is 0 Å². The third-order valence-electron chi connectivity index (χ3n) is 3.33. The topological polar surface area (TPSA) is 20.2 Å². The zero-order valence-electron chi connectivity index (χ0n) is 11.2. The van der Waals surface area contributed by atoms with Crippen LogP contribution in [0.1, 0.15) is 54.4 Å². The van der Waals surface area contributed by atoms with Crippen molar-refractivity contribution >= 4 is 11.3 Å². The molecule has 0 saturated carbocycles. The Bertz CT molecular complexity index is 496. The summed E-state index contributed by atoms with van der Waals surface area (Å²) in [7, 11) is 0. The minimum Gasteiger partial charge on any atom is -0.383 e. The third kappa shape index (κ3) is 2.65. The van der Waals surface area contributed by atoms with Crippen LogP contribution in [-0.2, 0) is 6.42 Å². The van der Waals surface area contributed by atoms with E-state index in [9.17, 15) is 5.11 Å². The average molecular weight is 260 g/mol. The molecule has 0 bridgehead atoms. The van der Waals surface area contributed by atoms with Gasteiger partial charge in [-0.05, 0) is 40.5 Å². The van der Waals surface area contributed by atoms with Gasteiger partial charge in [0, 0.05) is 4.88 Å². The van der Waals surface area contributed by atoms with Gasteiger partial charge in [-0.25, -0.2) is 0 Å². The molecule has 1 aromatic carbocycles. The predicted molar refractivity (Wildman–Crippen MR) is 78.3 cm³/mol. The smallest absolute Gasteiger partial charge is 0.113 e. The molecule has 0 saturated heterocycles. The first-order valence-corrected chi connectivity index (χ1v) is 7.35. The van der Waals surface area contributed by atoms with E-state index in [0.717, 1.165) is 16.9 Å². The fourth-order valence-corrected chi connectivity index (χ4v) is 3.10. The number of thiophene rings is 1. The number of hydrogen-bond acceptors (Lipinski definition) is 2. The van der Waals surface area contributed by atoms with Gasteiger partial charge in [0.1, 0.15) is 6.10 Å². The minimum absolute atomic E-state index is 0.485. The Hall–Kier alpha value is -1.12. The van der Waals surface area contributed by atoms with E-state index < -0.39 is 6.10 Å². The van der Waals surface area contributed by atoms with Crippen molar-refractivity contribution in [2.75, 3.05) is 0 Å². The maximum Gasteiger partial charge on any atom is 0.113 e. The molecule has 1 unspecified atom stereocenters. The molecule has 1 atom stereocenters. The van der Waals surface area contributed by atoms with Crippen LogP contribution in [0.3, 0.4) is 0 Å². The number of benzene rings is 1. The third-order valence-corrected chi connectivity index (χ3v) is 4.34. The standard InChI is InChI=1S/C16H20OS/c1-4-12-9-10-18-16(12)15(17)14-7-5-13(6-8-14)11(2)3/h5-11,15,17H,4H2,1-3H3. The minimum atomic E-state index is -0.485. The molecule has 0 aliphatic rings. The summed E-state index contributed by atoms with van der Waals surface area (Å²) >= 11 is 1.64. The van der Waals surface area contributed by atoms with Gasteiger partial charge in [0.15, 0.2) is 0 Å². The Labute approximate surface area is 113 Å². The first-order chi connectivity index (χ1) is 8.63. The summed E-state index contributed by atoms with van der Waals surface area (Å²) in [4.78, 5) is 1.08. The van der Waals surface area contributed by atoms with Crippen molar-refractivity contribution in [1.29, 1.82) is 0 Å². The molecule has 0 aliphatic carbocycles. The first kappa shape index (κ1) is 13.3. The van der Waals surface area contributed by atoms with Crippen LogP contribution in [0.5, 0.6) is 0 Å². The SMILES string of the molecule is CCc1ccsc1C(O)c1ccc(C(C)C)cc1. The summed E-state index contributed by atoms with van der Waals surface area (Å²) in [5, 5.41) is 12.5. The molecule has 2 aromatic rings. The number of aryl methyl sites for hydroxylation is 1. The molecule has 1 heterocycles. The van der Waals surface area contributed by atoms with Gasteiger partial charge in [0.2, 0.25) is 0 Å². The second-order valence-electron chi connectivity index (χ2n) is 4.89. The summed E-state index contributed by atoms with van der Waals surface area (Å²) in [6.45, 7) is 6.49. The summed E-state index contributed by atoms with van der Waals surface area (Å²) < 4.78 is 0. The van der Waals surface area contributed by atoms with Crippen molar-refractivity contribution in [3.8, 4) is 0 Å². The van der Waals surface area contributed by atoms with Crippen molar-refractivity contribution < 1.29 is 5.11 Å². The van der Waals surface area contributed by atoms with Crippen molar-refractivity contribution in [2.45, 2.75) is 39.2 Å². The molecule has 96 valence electrons. The Balaban J connectivity index is 2.26. The fraction of sp³-hybridized carbons (Fsp3) is 0.375. The Kier molecular flexibility index (Phi) is 4.20. The molecule has 2 rings (SSSR count). The van der Waals surface area contributed by atoms with Gasteiger partial charge in [-0.15, -0.1) is 11.3 Å². The van der Waals surface area contributed by atoms with Gasteiger partial charge in [-0.2, -0.15) is 0 Å². The highest BCUT2D eigenvalue weighted by Crippen LogP contribution is 2.30. The molecule has 0 spiro atoms. The Morgan fingerprint density at radius 3 is 2.22 bits per heavy atom. The highest BCUT2D eigenvalue weighted by atomic mass is 32.1. The Morgan fingerprint density at radius 2 is 1.67 bits per heavy atom. The van der Waals surface area contributed by atoms with E-state index in [1.54, 1.807) is 11.3 Å². The zero-order valence-corrected chi connectivity index (χ0v) is 12.0. The van der Waals surface area contributed by atoms with E-state index in [2.05, 4.69) is 44.4 Å². The lowest BCUT2D eigenvalue weighted by Gasteiger charge is -2.13. The molecule has 0 amide bonds. The van der Waals surface area contributed by atoms with Gasteiger partial charge >= 0.3 is 0 Å². The van der Waals surface area contributed by atoms with Crippen LogP contribution < -0.4 is 0 Å². The molecule has 1 N–H and O–H groups in total.